The second-order valence-electron chi connectivity index (χ2n) is 11.5. The quantitative estimate of drug-likeness (QED) is 0.244. The van der Waals surface area contributed by atoms with E-state index in [4.69, 9.17) is 15.1 Å². The number of aromatic nitrogens is 1. The molecule has 0 unspecified atom stereocenters. The standard InChI is InChI=1S/C31H38N4O2/c1-6-7-28(36)35(26-15-20(3)19(2)14-24(26)22-10-11-22)27-13-12-25(33-5)29(34-27)30(32)37-23-17-31(4,18-23)16-21-8-9-21/h12-15,21-23,32-33H,8-11,16-18H2,1-5H3. The Morgan fingerprint density at radius 2 is 1.89 bits per heavy atom. The molecule has 37 heavy (non-hydrogen) atoms. The first-order chi connectivity index (χ1) is 17.7. The molecule has 0 saturated heterocycles. The van der Waals surface area contributed by atoms with Gasteiger partial charge in [-0.05, 0) is 111 Å². The van der Waals surface area contributed by atoms with E-state index < -0.39 is 0 Å². The van der Waals surface area contributed by atoms with Crippen LogP contribution in [0.5, 0.6) is 0 Å². The van der Waals surface area contributed by atoms with Gasteiger partial charge in [0.25, 0.3) is 0 Å². The van der Waals surface area contributed by atoms with Crippen molar-refractivity contribution in [2.24, 2.45) is 11.3 Å². The maximum atomic E-state index is 13.4. The van der Waals surface area contributed by atoms with E-state index in [9.17, 15) is 4.79 Å². The molecule has 5 rings (SSSR count). The van der Waals surface area contributed by atoms with Crippen molar-refractivity contribution in [3.05, 3.63) is 46.6 Å². The molecule has 3 saturated carbocycles. The largest absolute Gasteiger partial charge is 0.473 e. The van der Waals surface area contributed by atoms with Crippen molar-refractivity contribution in [1.82, 2.24) is 4.98 Å². The highest BCUT2D eigenvalue weighted by Crippen LogP contribution is 2.52. The number of benzene rings is 1. The van der Waals surface area contributed by atoms with Crippen LogP contribution in [0.1, 0.15) is 87.1 Å². The lowest BCUT2D eigenvalue weighted by molar-refractivity contribution is -0.112. The van der Waals surface area contributed by atoms with Gasteiger partial charge >= 0.3 is 5.91 Å². The molecule has 2 N–H and O–H groups in total. The Labute approximate surface area is 220 Å². The van der Waals surface area contributed by atoms with Crippen LogP contribution in [0.4, 0.5) is 17.2 Å². The molecule has 0 bridgehead atoms. The molecule has 194 valence electrons. The molecule has 1 heterocycles. The summed E-state index contributed by atoms with van der Waals surface area (Å²) in [5.74, 6) is 6.97. The molecule has 6 nitrogen and oxygen atoms in total. The minimum atomic E-state index is -0.328. The molecular formula is C31H38N4O2. The highest BCUT2D eigenvalue weighted by Gasteiger charge is 2.45. The number of aryl methyl sites for hydroxylation is 2. The molecule has 2 aromatic rings. The number of carbonyl (C=O) groups is 1. The summed E-state index contributed by atoms with van der Waals surface area (Å²) in [4.78, 5) is 19.8. The SMILES string of the molecule is CC#CC(=O)N(c1ccc(NC)c(C(=N)OC2CC(C)(CC3CC3)C2)n1)c1cc(C)c(C)cc1C1CC1. The number of rotatable bonds is 8. The molecule has 1 amide bonds. The lowest BCUT2D eigenvalue weighted by atomic mass is 9.65. The molecular weight excluding hydrogens is 460 g/mol. The third-order valence-corrected chi connectivity index (χ3v) is 8.13. The van der Waals surface area contributed by atoms with E-state index >= 15 is 0 Å². The fourth-order valence-electron chi connectivity index (χ4n) is 5.72. The maximum absolute atomic E-state index is 13.4. The van der Waals surface area contributed by atoms with Crippen LogP contribution in [0.25, 0.3) is 0 Å². The number of nitrogens with one attached hydrogen (secondary N) is 2. The normalized spacial score (nSPS) is 22.4. The van der Waals surface area contributed by atoms with Crippen molar-refractivity contribution in [3.63, 3.8) is 0 Å². The van der Waals surface area contributed by atoms with Gasteiger partial charge in [-0.15, -0.1) is 0 Å². The van der Waals surface area contributed by atoms with E-state index in [2.05, 4.69) is 50.1 Å². The predicted molar refractivity (Wildman–Crippen MR) is 149 cm³/mol. The first kappa shape index (κ1) is 25.3. The molecule has 0 spiro atoms. The third kappa shape index (κ3) is 5.37. The minimum absolute atomic E-state index is 0.0383. The summed E-state index contributed by atoms with van der Waals surface area (Å²) >= 11 is 0. The van der Waals surface area contributed by atoms with Crippen LogP contribution >= 0.6 is 0 Å². The maximum Gasteiger partial charge on any atom is 0.308 e. The Balaban J connectivity index is 1.46. The van der Waals surface area contributed by atoms with Gasteiger partial charge in [-0.2, -0.15) is 0 Å². The number of amides is 1. The Morgan fingerprint density at radius 3 is 2.51 bits per heavy atom. The van der Waals surface area contributed by atoms with E-state index in [-0.39, 0.29) is 17.9 Å². The second-order valence-corrected chi connectivity index (χ2v) is 11.5. The van der Waals surface area contributed by atoms with Gasteiger partial charge in [-0.25, -0.2) is 4.98 Å². The third-order valence-electron chi connectivity index (χ3n) is 8.13. The Kier molecular flexibility index (Phi) is 6.74. The lowest BCUT2D eigenvalue weighted by Crippen LogP contribution is -2.42. The van der Waals surface area contributed by atoms with Crippen LogP contribution < -0.4 is 10.2 Å². The van der Waals surface area contributed by atoms with Gasteiger partial charge in [0.05, 0.1) is 11.4 Å². The summed E-state index contributed by atoms with van der Waals surface area (Å²) in [6.45, 7) is 8.17. The second kappa shape index (κ2) is 9.85. The molecule has 6 heteroatoms. The van der Waals surface area contributed by atoms with E-state index in [0.717, 1.165) is 48.4 Å². The fourth-order valence-corrected chi connectivity index (χ4v) is 5.72. The number of ether oxygens (including phenoxy) is 1. The summed E-state index contributed by atoms with van der Waals surface area (Å²) in [5, 5.41) is 11.9. The molecule has 0 aliphatic heterocycles. The predicted octanol–water partition coefficient (Wildman–Crippen LogP) is 6.62. The van der Waals surface area contributed by atoms with Gasteiger partial charge in [-0.3, -0.25) is 15.1 Å². The van der Waals surface area contributed by atoms with Crippen molar-refractivity contribution < 1.29 is 9.53 Å². The number of pyridine rings is 1. The van der Waals surface area contributed by atoms with Crippen molar-refractivity contribution in [2.75, 3.05) is 17.3 Å². The summed E-state index contributed by atoms with van der Waals surface area (Å²) in [5.41, 5.74) is 5.76. The van der Waals surface area contributed by atoms with Gasteiger partial charge in [0.1, 0.15) is 17.6 Å². The van der Waals surface area contributed by atoms with E-state index in [1.807, 2.05) is 19.2 Å². The van der Waals surface area contributed by atoms with Crippen molar-refractivity contribution >= 4 is 29.0 Å². The lowest BCUT2D eigenvalue weighted by Gasteiger charge is -2.45. The zero-order valence-electron chi connectivity index (χ0n) is 22.7. The first-order valence-electron chi connectivity index (χ1n) is 13.5. The zero-order chi connectivity index (χ0) is 26.3. The summed E-state index contributed by atoms with van der Waals surface area (Å²) in [6.07, 6.45) is 8.22. The summed E-state index contributed by atoms with van der Waals surface area (Å²) in [6, 6.07) is 7.96. The zero-order valence-corrected chi connectivity index (χ0v) is 22.7. The summed E-state index contributed by atoms with van der Waals surface area (Å²) in [7, 11) is 1.81. The van der Waals surface area contributed by atoms with E-state index in [1.54, 1.807) is 11.8 Å². The van der Waals surface area contributed by atoms with Crippen LogP contribution in [-0.2, 0) is 9.53 Å². The average molecular weight is 499 g/mol. The Morgan fingerprint density at radius 1 is 1.19 bits per heavy atom. The number of carbonyl (C=O) groups excluding carboxylic acids is 1. The van der Waals surface area contributed by atoms with Gasteiger partial charge in [0.2, 0.25) is 5.90 Å². The molecule has 1 aromatic carbocycles. The molecule has 3 fully saturated rings. The molecule has 0 radical (unpaired) electrons. The molecule has 0 atom stereocenters. The number of anilines is 3. The Bertz CT molecular complexity index is 1290. The Hall–Kier alpha value is -3.33. The van der Waals surface area contributed by atoms with Crippen molar-refractivity contribution in [1.29, 1.82) is 5.41 Å². The average Bonchev–Trinajstić information content (AvgIpc) is 3.76. The first-order valence-corrected chi connectivity index (χ1v) is 13.5. The van der Waals surface area contributed by atoms with Crippen molar-refractivity contribution in [2.45, 2.75) is 84.7 Å². The van der Waals surface area contributed by atoms with Gasteiger partial charge in [0, 0.05) is 7.05 Å². The fraction of sp³-hybridized carbons (Fsp3) is 0.516. The van der Waals surface area contributed by atoms with Crippen LogP contribution in [0.15, 0.2) is 24.3 Å². The van der Waals surface area contributed by atoms with Crippen LogP contribution in [0.3, 0.4) is 0 Å². The van der Waals surface area contributed by atoms with E-state index in [1.165, 1.54) is 24.8 Å². The van der Waals surface area contributed by atoms with Gasteiger partial charge in [-0.1, -0.05) is 31.8 Å². The summed E-state index contributed by atoms with van der Waals surface area (Å²) < 4.78 is 6.12. The molecule has 3 aliphatic carbocycles. The molecule has 3 aliphatic rings. The highest BCUT2D eigenvalue weighted by molar-refractivity contribution is 6.11. The minimum Gasteiger partial charge on any atom is -0.473 e. The van der Waals surface area contributed by atoms with E-state index in [0.29, 0.717) is 28.5 Å². The molecule has 1 aromatic heterocycles. The number of hydrogen-bond donors (Lipinski definition) is 2. The smallest absolute Gasteiger partial charge is 0.308 e. The monoisotopic (exact) mass is 498 g/mol. The highest BCUT2D eigenvalue weighted by atomic mass is 16.5. The van der Waals surface area contributed by atoms with Gasteiger partial charge in [0.15, 0.2) is 0 Å². The van der Waals surface area contributed by atoms with Crippen LogP contribution in [0, 0.1) is 42.4 Å². The van der Waals surface area contributed by atoms with Gasteiger partial charge < -0.3 is 10.1 Å². The topological polar surface area (TPSA) is 78.3 Å². The number of hydrogen-bond acceptors (Lipinski definition) is 5. The number of nitrogens with zero attached hydrogens (tertiary/aromatic N) is 2. The van der Waals surface area contributed by atoms with Crippen LogP contribution in [-0.4, -0.2) is 29.9 Å². The van der Waals surface area contributed by atoms with Crippen LogP contribution in [0.2, 0.25) is 0 Å². The van der Waals surface area contributed by atoms with Crippen molar-refractivity contribution in [3.8, 4) is 11.8 Å².